The first-order valence-corrected chi connectivity index (χ1v) is 10.4. The molecule has 0 spiro atoms. The first-order chi connectivity index (χ1) is 12.3. The first-order valence-electron chi connectivity index (χ1n) is 8.91. The number of halogens is 1. The van der Waals surface area contributed by atoms with Crippen molar-refractivity contribution in [3.05, 3.63) is 0 Å². The van der Waals surface area contributed by atoms with Crippen LogP contribution >= 0.6 is 22.6 Å². The summed E-state index contributed by atoms with van der Waals surface area (Å²) in [5.41, 5.74) is 0. The van der Waals surface area contributed by atoms with Crippen LogP contribution in [0.2, 0.25) is 0 Å². The quantitative estimate of drug-likeness (QED) is 0.142. The highest BCUT2D eigenvalue weighted by Crippen LogP contribution is 1.88. The van der Waals surface area contributed by atoms with Gasteiger partial charge in [0.25, 0.3) is 0 Å². The van der Waals surface area contributed by atoms with Crippen LogP contribution in [-0.4, -0.2) is 96.4 Å². The molecule has 8 heteroatoms. The van der Waals surface area contributed by atoms with Gasteiger partial charge in [-0.2, -0.15) is 0 Å². The van der Waals surface area contributed by atoms with Crippen LogP contribution in [0.1, 0.15) is 13.8 Å². The van der Waals surface area contributed by atoms with Crippen molar-refractivity contribution >= 4 is 22.6 Å². The Morgan fingerprint density at radius 3 is 1.04 bits per heavy atom. The second kappa shape index (κ2) is 22.5. The van der Waals surface area contributed by atoms with Crippen molar-refractivity contribution < 1.29 is 33.2 Å². The van der Waals surface area contributed by atoms with Gasteiger partial charge in [0, 0.05) is 4.43 Å². The summed E-state index contributed by atoms with van der Waals surface area (Å²) in [6, 6.07) is 0. The molecule has 0 rings (SSSR count). The summed E-state index contributed by atoms with van der Waals surface area (Å²) in [7, 11) is 0. The van der Waals surface area contributed by atoms with E-state index in [0.717, 1.165) is 11.0 Å². The third kappa shape index (κ3) is 24.4. The van der Waals surface area contributed by atoms with Crippen LogP contribution in [0.5, 0.6) is 0 Å². The van der Waals surface area contributed by atoms with Crippen molar-refractivity contribution in [2.75, 3.05) is 90.3 Å². The van der Waals surface area contributed by atoms with Crippen molar-refractivity contribution in [2.45, 2.75) is 20.0 Å². The van der Waals surface area contributed by atoms with E-state index in [1.807, 2.05) is 13.8 Å². The highest BCUT2D eigenvalue weighted by molar-refractivity contribution is 14.1. The minimum atomic E-state index is 0.249. The Hall–Kier alpha value is 0.450. The van der Waals surface area contributed by atoms with Gasteiger partial charge in [-0.25, -0.2) is 0 Å². The summed E-state index contributed by atoms with van der Waals surface area (Å²) in [4.78, 5) is 0. The lowest BCUT2D eigenvalue weighted by atomic mass is 10.5. The number of hydrogen-bond donors (Lipinski definition) is 0. The number of alkyl halides is 1. The molecular formula is C17H35IO7. The zero-order chi connectivity index (χ0) is 18.4. The van der Waals surface area contributed by atoms with Crippen LogP contribution < -0.4 is 0 Å². The average molecular weight is 478 g/mol. The molecule has 0 aliphatic carbocycles. The molecule has 0 fully saturated rings. The van der Waals surface area contributed by atoms with Gasteiger partial charge in [0.2, 0.25) is 0 Å². The molecule has 0 amide bonds. The third-order valence-electron chi connectivity index (χ3n) is 2.76. The summed E-state index contributed by atoms with van der Waals surface area (Å²) in [6.45, 7) is 11.8. The molecule has 152 valence electrons. The molecule has 0 aromatic rings. The van der Waals surface area contributed by atoms with Gasteiger partial charge in [-0.15, -0.1) is 0 Å². The largest absolute Gasteiger partial charge is 0.378 e. The minimum absolute atomic E-state index is 0.249. The molecule has 7 nitrogen and oxygen atoms in total. The van der Waals surface area contributed by atoms with Crippen molar-refractivity contribution in [2.24, 2.45) is 0 Å². The van der Waals surface area contributed by atoms with Gasteiger partial charge in [-0.05, 0) is 13.8 Å². The zero-order valence-corrected chi connectivity index (χ0v) is 17.9. The highest BCUT2D eigenvalue weighted by atomic mass is 127. The maximum Gasteiger partial charge on any atom is 0.0703 e. The van der Waals surface area contributed by atoms with E-state index in [9.17, 15) is 0 Å². The molecule has 0 bridgehead atoms. The van der Waals surface area contributed by atoms with Crippen molar-refractivity contribution in [1.29, 1.82) is 0 Å². The molecule has 0 saturated carbocycles. The fourth-order valence-corrected chi connectivity index (χ4v) is 1.91. The van der Waals surface area contributed by atoms with E-state index in [0.29, 0.717) is 79.3 Å². The van der Waals surface area contributed by atoms with E-state index in [4.69, 9.17) is 33.2 Å². The molecule has 0 heterocycles. The molecule has 0 atom stereocenters. The van der Waals surface area contributed by atoms with E-state index >= 15 is 0 Å². The first kappa shape index (κ1) is 25.4. The van der Waals surface area contributed by atoms with Crippen LogP contribution in [0.4, 0.5) is 0 Å². The van der Waals surface area contributed by atoms with E-state index < -0.39 is 0 Å². The van der Waals surface area contributed by atoms with Gasteiger partial charge in [-0.3, -0.25) is 0 Å². The molecule has 0 aromatic carbocycles. The fourth-order valence-electron chi connectivity index (χ4n) is 1.60. The van der Waals surface area contributed by atoms with Crippen LogP contribution in [-0.2, 0) is 33.2 Å². The molecular weight excluding hydrogens is 443 g/mol. The Bertz CT molecular complexity index is 245. The van der Waals surface area contributed by atoms with Gasteiger partial charge in [0.05, 0.1) is 92.0 Å². The fraction of sp³-hybridized carbons (Fsp3) is 1.00. The molecule has 0 aromatic heterocycles. The average Bonchev–Trinajstić information content (AvgIpc) is 2.60. The summed E-state index contributed by atoms with van der Waals surface area (Å²) < 4.78 is 38.6. The smallest absolute Gasteiger partial charge is 0.0703 e. The van der Waals surface area contributed by atoms with Crippen LogP contribution in [0.25, 0.3) is 0 Å². The molecule has 0 aliphatic heterocycles. The van der Waals surface area contributed by atoms with Gasteiger partial charge < -0.3 is 33.2 Å². The molecule has 0 aliphatic rings. The predicted octanol–water partition coefficient (Wildman–Crippen LogP) is 1.95. The normalized spacial score (nSPS) is 11.5. The van der Waals surface area contributed by atoms with Crippen LogP contribution in [0.3, 0.4) is 0 Å². The van der Waals surface area contributed by atoms with Crippen molar-refractivity contribution in [1.82, 2.24) is 0 Å². The predicted molar refractivity (Wildman–Crippen MR) is 105 cm³/mol. The van der Waals surface area contributed by atoms with Crippen molar-refractivity contribution in [3.63, 3.8) is 0 Å². The number of rotatable bonds is 21. The maximum absolute atomic E-state index is 5.40. The molecule has 0 N–H and O–H groups in total. The van der Waals surface area contributed by atoms with Crippen LogP contribution in [0, 0.1) is 0 Å². The van der Waals surface area contributed by atoms with Gasteiger partial charge in [-0.1, -0.05) is 22.6 Å². The minimum Gasteiger partial charge on any atom is -0.378 e. The molecule has 0 saturated heterocycles. The SMILES string of the molecule is CC(C)OCCOCCOCCOCCOCCOCCOCCI. The zero-order valence-electron chi connectivity index (χ0n) is 15.7. The lowest BCUT2D eigenvalue weighted by Crippen LogP contribution is -2.15. The molecule has 0 radical (unpaired) electrons. The summed E-state index contributed by atoms with van der Waals surface area (Å²) >= 11 is 2.28. The van der Waals surface area contributed by atoms with E-state index in [2.05, 4.69) is 22.6 Å². The Labute approximate surface area is 166 Å². The lowest BCUT2D eigenvalue weighted by molar-refractivity contribution is -0.0234. The van der Waals surface area contributed by atoms with Gasteiger partial charge >= 0.3 is 0 Å². The Balaban J connectivity index is 2.96. The summed E-state index contributed by atoms with van der Waals surface area (Å²) in [5, 5.41) is 0. The molecule has 0 unspecified atom stereocenters. The van der Waals surface area contributed by atoms with Crippen LogP contribution in [0.15, 0.2) is 0 Å². The maximum atomic E-state index is 5.40. The van der Waals surface area contributed by atoms with E-state index in [1.54, 1.807) is 0 Å². The lowest BCUT2D eigenvalue weighted by Gasteiger charge is -2.09. The number of hydrogen-bond acceptors (Lipinski definition) is 7. The monoisotopic (exact) mass is 478 g/mol. The number of ether oxygens (including phenoxy) is 7. The third-order valence-corrected chi connectivity index (χ3v) is 3.20. The van der Waals surface area contributed by atoms with E-state index in [-0.39, 0.29) is 6.10 Å². The van der Waals surface area contributed by atoms with E-state index in [1.165, 1.54) is 0 Å². The molecule has 25 heavy (non-hydrogen) atoms. The van der Waals surface area contributed by atoms with Gasteiger partial charge in [0.15, 0.2) is 0 Å². The second-order valence-corrected chi connectivity index (χ2v) is 6.36. The standard InChI is InChI=1S/C17H35IO7/c1-17(2)25-16-15-24-14-13-23-12-11-22-10-9-21-8-7-20-6-5-19-4-3-18/h17H,3-16H2,1-2H3. The van der Waals surface area contributed by atoms with Gasteiger partial charge in [0.1, 0.15) is 0 Å². The highest BCUT2D eigenvalue weighted by Gasteiger charge is 1.95. The Kier molecular flexibility index (Phi) is 22.9. The summed E-state index contributed by atoms with van der Waals surface area (Å²) in [5.74, 6) is 0. The topological polar surface area (TPSA) is 64.6 Å². The van der Waals surface area contributed by atoms with Crippen molar-refractivity contribution in [3.8, 4) is 0 Å². The second-order valence-electron chi connectivity index (χ2n) is 5.28. The summed E-state index contributed by atoms with van der Waals surface area (Å²) in [6.07, 6.45) is 0.249. The Morgan fingerprint density at radius 2 is 0.760 bits per heavy atom. The Morgan fingerprint density at radius 1 is 0.480 bits per heavy atom.